The van der Waals surface area contributed by atoms with Crippen molar-refractivity contribution in [2.45, 2.75) is 20.0 Å². The maximum absolute atomic E-state index is 9.30. The molecule has 0 aliphatic heterocycles. The molecule has 1 unspecified atom stereocenters. The van der Waals surface area contributed by atoms with Crippen molar-refractivity contribution in [1.82, 2.24) is 0 Å². The number of hydrogen-bond donors (Lipinski definition) is 2. The molecule has 2 atom stereocenters. The molecule has 3 heteroatoms. The smallest absolute Gasteiger partial charge is 0.119 e. The molecule has 1 aromatic carbocycles. The monoisotopic (exact) mass is 210 g/mol. The van der Waals surface area contributed by atoms with Crippen LogP contribution < -0.4 is 4.74 Å². The predicted molar refractivity (Wildman–Crippen MR) is 58.8 cm³/mol. The van der Waals surface area contributed by atoms with Crippen LogP contribution in [0.1, 0.15) is 25.5 Å². The summed E-state index contributed by atoms with van der Waals surface area (Å²) in [7, 11) is 0. The Labute approximate surface area is 90.3 Å². The van der Waals surface area contributed by atoms with Gasteiger partial charge in [-0.05, 0) is 24.6 Å². The zero-order chi connectivity index (χ0) is 11.3. The molecule has 0 amide bonds. The van der Waals surface area contributed by atoms with Gasteiger partial charge in [0.25, 0.3) is 0 Å². The summed E-state index contributed by atoms with van der Waals surface area (Å²) in [6.07, 6.45) is -0.449. The van der Waals surface area contributed by atoms with E-state index in [2.05, 4.69) is 0 Å². The molecule has 15 heavy (non-hydrogen) atoms. The van der Waals surface area contributed by atoms with E-state index in [1.54, 1.807) is 6.92 Å². The summed E-state index contributed by atoms with van der Waals surface area (Å²) < 4.78 is 5.45. The van der Waals surface area contributed by atoms with Gasteiger partial charge in [0.1, 0.15) is 5.75 Å². The van der Waals surface area contributed by atoms with Crippen molar-refractivity contribution in [3.05, 3.63) is 29.8 Å². The third kappa shape index (κ3) is 3.90. The fourth-order valence-electron chi connectivity index (χ4n) is 1.13. The molecule has 0 aromatic heterocycles. The molecular weight excluding hydrogens is 192 g/mol. The molecule has 0 bridgehead atoms. The molecule has 0 saturated heterocycles. The maximum Gasteiger partial charge on any atom is 0.119 e. The number of ether oxygens (including phenoxy) is 1. The first kappa shape index (κ1) is 12.0. The summed E-state index contributed by atoms with van der Waals surface area (Å²) in [5.74, 6) is 0.904. The fraction of sp³-hybridized carbons (Fsp3) is 0.500. The van der Waals surface area contributed by atoms with E-state index >= 15 is 0 Å². The third-order valence-corrected chi connectivity index (χ3v) is 2.21. The molecule has 3 nitrogen and oxygen atoms in total. The van der Waals surface area contributed by atoms with Crippen LogP contribution in [0.25, 0.3) is 0 Å². The summed E-state index contributed by atoms with van der Waals surface area (Å²) in [6, 6.07) is 7.32. The van der Waals surface area contributed by atoms with Crippen LogP contribution in [0, 0.1) is 5.92 Å². The Morgan fingerprint density at radius 3 is 2.27 bits per heavy atom. The van der Waals surface area contributed by atoms with Crippen molar-refractivity contribution >= 4 is 0 Å². The van der Waals surface area contributed by atoms with Crippen LogP contribution in [-0.4, -0.2) is 23.4 Å². The third-order valence-electron chi connectivity index (χ3n) is 2.21. The minimum atomic E-state index is -0.449. The van der Waals surface area contributed by atoms with Gasteiger partial charge in [0.2, 0.25) is 0 Å². The van der Waals surface area contributed by atoms with E-state index in [1.165, 1.54) is 0 Å². The Morgan fingerprint density at radius 2 is 1.80 bits per heavy atom. The zero-order valence-electron chi connectivity index (χ0n) is 9.18. The largest absolute Gasteiger partial charge is 0.493 e. The van der Waals surface area contributed by atoms with Crippen LogP contribution in [0.3, 0.4) is 0 Å². The van der Waals surface area contributed by atoms with E-state index in [4.69, 9.17) is 9.84 Å². The lowest BCUT2D eigenvalue weighted by Gasteiger charge is -2.11. The number of aliphatic hydroxyl groups excluding tert-OH is 2. The minimum Gasteiger partial charge on any atom is -0.493 e. The van der Waals surface area contributed by atoms with Crippen LogP contribution in [0.5, 0.6) is 5.75 Å². The van der Waals surface area contributed by atoms with Gasteiger partial charge in [-0.1, -0.05) is 19.1 Å². The molecule has 0 fully saturated rings. The van der Waals surface area contributed by atoms with Crippen LogP contribution in [-0.2, 0) is 0 Å². The van der Waals surface area contributed by atoms with Gasteiger partial charge in [-0.3, -0.25) is 0 Å². The Kier molecular flexibility index (Phi) is 4.59. The quantitative estimate of drug-likeness (QED) is 0.778. The minimum absolute atomic E-state index is 0.131. The van der Waals surface area contributed by atoms with E-state index in [0.29, 0.717) is 6.61 Å². The lowest BCUT2D eigenvalue weighted by atomic mass is 10.1. The Balaban J connectivity index is 2.50. The van der Waals surface area contributed by atoms with Gasteiger partial charge >= 0.3 is 0 Å². The maximum atomic E-state index is 9.30. The van der Waals surface area contributed by atoms with Crippen molar-refractivity contribution < 1.29 is 14.9 Å². The van der Waals surface area contributed by atoms with Crippen LogP contribution in [0.15, 0.2) is 24.3 Å². The first-order valence-corrected chi connectivity index (χ1v) is 5.15. The summed E-state index contributed by atoms with van der Waals surface area (Å²) in [5, 5.41) is 18.1. The number of benzene rings is 1. The van der Waals surface area contributed by atoms with Gasteiger partial charge in [-0.15, -0.1) is 0 Å². The summed E-state index contributed by atoms with van der Waals surface area (Å²) in [5.41, 5.74) is 0.873. The normalized spacial score (nSPS) is 14.7. The highest BCUT2D eigenvalue weighted by Crippen LogP contribution is 2.17. The first-order chi connectivity index (χ1) is 7.13. The molecule has 1 rings (SSSR count). The second-order valence-electron chi connectivity index (χ2n) is 3.84. The molecule has 0 aliphatic rings. The van der Waals surface area contributed by atoms with Gasteiger partial charge < -0.3 is 14.9 Å². The molecule has 0 aliphatic carbocycles. The average Bonchev–Trinajstić information content (AvgIpc) is 2.26. The van der Waals surface area contributed by atoms with Gasteiger partial charge in [0, 0.05) is 12.5 Å². The summed E-state index contributed by atoms with van der Waals surface area (Å²) >= 11 is 0. The van der Waals surface area contributed by atoms with E-state index < -0.39 is 6.10 Å². The van der Waals surface area contributed by atoms with E-state index in [1.807, 2.05) is 31.2 Å². The second-order valence-corrected chi connectivity index (χ2v) is 3.84. The average molecular weight is 210 g/mol. The molecule has 84 valence electrons. The standard InChI is InChI=1S/C12H18O3/c1-9(7-13)8-15-12-5-3-11(4-6-12)10(2)14/h3-6,9-10,13-14H,7-8H2,1-2H3/t9?,10-/m1/s1. The Hall–Kier alpha value is -1.06. The predicted octanol–water partition coefficient (Wildman–Crippen LogP) is 1.75. The Morgan fingerprint density at radius 1 is 1.20 bits per heavy atom. The highest BCUT2D eigenvalue weighted by molar-refractivity contribution is 5.28. The van der Waals surface area contributed by atoms with Crippen molar-refractivity contribution in [3.63, 3.8) is 0 Å². The van der Waals surface area contributed by atoms with E-state index in [0.717, 1.165) is 11.3 Å². The fourth-order valence-corrected chi connectivity index (χ4v) is 1.13. The van der Waals surface area contributed by atoms with Gasteiger partial charge in [0.15, 0.2) is 0 Å². The molecular formula is C12H18O3. The summed E-state index contributed by atoms with van der Waals surface area (Å²) in [4.78, 5) is 0. The first-order valence-electron chi connectivity index (χ1n) is 5.15. The second kappa shape index (κ2) is 5.73. The van der Waals surface area contributed by atoms with Crippen LogP contribution >= 0.6 is 0 Å². The lowest BCUT2D eigenvalue weighted by Crippen LogP contribution is -2.12. The van der Waals surface area contributed by atoms with E-state index in [9.17, 15) is 5.11 Å². The van der Waals surface area contributed by atoms with Gasteiger partial charge in [-0.2, -0.15) is 0 Å². The van der Waals surface area contributed by atoms with Crippen molar-refractivity contribution in [3.8, 4) is 5.75 Å². The van der Waals surface area contributed by atoms with Gasteiger partial charge in [-0.25, -0.2) is 0 Å². The molecule has 0 spiro atoms. The summed E-state index contributed by atoms with van der Waals surface area (Å²) in [6.45, 7) is 4.28. The lowest BCUT2D eigenvalue weighted by molar-refractivity contribution is 0.174. The molecule has 0 saturated carbocycles. The molecule has 0 radical (unpaired) electrons. The molecule has 2 N–H and O–H groups in total. The van der Waals surface area contributed by atoms with Crippen molar-refractivity contribution in [2.24, 2.45) is 5.92 Å². The number of rotatable bonds is 5. The zero-order valence-corrected chi connectivity index (χ0v) is 9.18. The topological polar surface area (TPSA) is 49.7 Å². The van der Waals surface area contributed by atoms with E-state index in [-0.39, 0.29) is 12.5 Å². The van der Waals surface area contributed by atoms with Crippen LogP contribution in [0.4, 0.5) is 0 Å². The Bertz CT molecular complexity index is 279. The van der Waals surface area contributed by atoms with Crippen LogP contribution in [0.2, 0.25) is 0 Å². The van der Waals surface area contributed by atoms with Crippen molar-refractivity contribution in [2.75, 3.05) is 13.2 Å². The van der Waals surface area contributed by atoms with Crippen molar-refractivity contribution in [1.29, 1.82) is 0 Å². The molecule has 1 aromatic rings. The molecule has 0 heterocycles. The SMILES string of the molecule is CC(CO)COc1ccc([C@@H](C)O)cc1. The number of aliphatic hydroxyl groups is 2. The number of hydrogen-bond acceptors (Lipinski definition) is 3. The highest BCUT2D eigenvalue weighted by Gasteiger charge is 2.03. The highest BCUT2D eigenvalue weighted by atomic mass is 16.5. The van der Waals surface area contributed by atoms with Gasteiger partial charge in [0.05, 0.1) is 12.7 Å².